The van der Waals surface area contributed by atoms with Gasteiger partial charge in [0.2, 0.25) is 0 Å². The molecule has 0 aromatic carbocycles. The maximum absolute atomic E-state index is 4.23. The molecule has 66 valence electrons. The molecule has 0 aliphatic rings. The van der Waals surface area contributed by atoms with E-state index in [-0.39, 0.29) is 0 Å². The zero-order chi connectivity index (χ0) is 9.40. The third-order valence-corrected chi connectivity index (χ3v) is 1.90. The van der Waals surface area contributed by atoms with E-state index in [1.807, 2.05) is 26.0 Å². The SMILES string of the molecule is C=C/C=C\C(=C)S/C(C)=N\CC. The number of hydrogen-bond donors (Lipinski definition) is 0. The summed E-state index contributed by atoms with van der Waals surface area (Å²) in [5.41, 5.74) is 0. The number of thioether (sulfide) groups is 1. The molecule has 2 heteroatoms. The molecule has 0 rings (SSSR count). The summed E-state index contributed by atoms with van der Waals surface area (Å²) < 4.78 is 0. The van der Waals surface area contributed by atoms with Gasteiger partial charge in [0.15, 0.2) is 0 Å². The van der Waals surface area contributed by atoms with Crippen LogP contribution in [0.3, 0.4) is 0 Å². The van der Waals surface area contributed by atoms with Gasteiger partial charge in [-0.2, -0.15) is 0 Å². The molecule has 0 aromatic heterocycles. The van der Waals surface area contributed by atoms with Crippen molar-refractivity contribution in [2.75, 3.05) is 6.54 Å². The van der Waals surface area contributed by atoms with Gasteiger partial charge in [-0.05, 0) is 19.9 Å². The van der Waals surface area contributed by atoms with Gasteiger partial charge in [0.1, 0.15) is 0 Å². The molecule has 0 aliphatic heterocycles. The second-order valence-electron chi connectivity index (χ2n) is 2.16. The van der Waals surface area contributed by atoms with Crippen LogP contribution in [-0.4, -0.2) is 11.6 Å². The maximum Gasteiger partial charge on any atom is 0.0692 e. The Morgan fingerprint density at radius 2 is 2.25 bits per heavy atom. The van der Waals surface area contributed by atoms with Gasteiger partial charge in [-0.1, -0.05) is 37.1 Å². The molecule has 0 saturated carbocycles. The molecule has 0 aliphatic carbocycles. The van der Waals surface area contributed by atoms with Crippen molar-refractivity contribution in [1.82, 2.24) is 0 Å². The van der Waals surface area contributed by atoms with Crippen molar-refractivity contribution >= 4 is 16.8 Å². The van der Waals surface area contributed by atoms with Crippen molar-refractivity contribution in [2.24, 2.45) is 4.99 Å². The molecule has 1 nitrogen and oxygen atoms in total. The van der Waals surface area contributed by atoms with E-state index in [9.17, 15) is 0 Å². The average Bonchev–Trinajstić information content (AvgIpc) is 2.01. The second-order valence-corrected chi connectivity index (χ2v) is 3.48. The predicted octanol–water partition coefficient (Wildman–Crippen LogP) is 3.41. The predicted molar refractivity (Wildman–Crippen MR) is 59.7 cm³/mol. The molecule has 0 saturated heterocycles. The summed E-state index contributed by atoms with van der Waals surface area (Å²) in [6.07, 6.45) is 5.53. The lowest BCUT2D eigenvalue weighted by Crippen LogP contribution is -1.84. The Labute approximate surface area is 79.0 Å². The van der Waals surface area contributed by atoms with Crippen molar-refractivity contribution in [3.05, 3.63) is 36.3 Å². The number of rotatable bonds is 4. The van der Waals surface area contributed by atoms with E-state index < -0.39 is 0 Å². The first-order valence-corrected chi connectivity index (χ1v) is 4.69. The normalized spacial score (nSPS) is 12.0. The Bertz CT molecular complexity index is 214. The Hall–Kier alpha value is -0.760. The second kappa shape index (κ2) is 6.92. The van der Waals surface area contributed by atoms with Crippen LogP contribution in [0, 0.1) is 0 Å². The Morgan fingerprint density at radius 1 is 1.58 bits per heavy atom. The number of allylic oxidation sites excluding steroid dienone is 3. The highest BCUT2D eigenvalue weighted by atomic mass is 32.2. The van der Waals surface area contributed by atoms with Crippen LogP contribution in [0.25, 0.3) is 0 Å². The standard InChI is InChI=1S/C10H15NS/c1-5-7-8-9(3)12-10(4)11-6-2/h5,7-8H,1,3,6H2,2,4H3/b8-7-,11-10-. The molecule has 0 spiro atoms. The first kappa shape index (κ1) is 11.2. The van der Waals surface area contributed by atoms with E-state index in [4.69, 9.17) is 0 Å². The van der Waals surface area contributed by atoms with E-state index >= 15 is 0 Å². The summed E-state index contributed by atoms with van der Waals surface area (Å²) in [5, 5.41) is 1.05. The van der Waals surface area contributed by atoms with Crippen molar-refractivity contribution in [3.8, 4) is 0 Å². The van der Waals surface area contributed by atoms with E-state index in [1.165, 1.54) is 0 Å². The van der Waals surface area contributed by atoms with Gasteiger partial charge in [-0.3, -0.25) is 4.99 Å². The lowest BCUT2D eigenvalue weighted by Gasteiger charge is -1.97. The summed E-state index contributed by atoms with van der Waals surface area (Å²) in [4.78, 5) is 5.22. The molecule has 0 bridgehead atoms. The molecule has 12 heavy (non-hydrogen) atoms. The van der Waals surface area contributed by atoms with Gasteiger partial charge < -0.3 is 0 Å². The van der Waals surface area contributed by atoms with Crippen molar-refractivity contribution in [2.45, 2.75) is 13.8 Å². The maximum atomic E-state index is 4.23. The number of aliphatic imine (C=N–C) groups is 1. The molecule has 0 unspecified atom stereocenters. The van der Waals surface area contributed by atoms with Crippen molar-refractivity contribution < 1.29 is 0 Å². The van der Waals surface area contributed by atoms with E-state index in [0.717, 1.165) is 16.5 Å². The highest BCUT2D eigenvalue weighted by Gasteiger charge is 1.92. The topological polar surface area (TPSA) is 12.4 Å². The van der Waals surface area contributed by atoms with E-state index in [2.05, 4.69) is 18.2 Å². The zero-order valence-electron chi connectivity index (χ0n) is 7.71. The fourth-order valence-electron chi connectivity index (χ4n) is 0.654. The van der Waals surface area contributed by atoms with Crippen LogP contribution in [-0.2, 0) is 0 Å². The molecular weight excluding hydrogens is 166 g/mol. The van der Waals surface area contributed by atoms with Crippen molar-refractivity contribution in [3.63, 3.8) is 0 Å². The summed E-state index contributed by atoms with van der Waals surface area (Å²) in [6, 6.07) is 0. The smallest absolute Gasteiger partial charge is 0.0692 e. The summed E-state index contributed by atoms with van der Waals surface area (Å²) >= 11 is 1.59. The van der Waals surface area contributed by atoms with Crippen LogP contribution in [0.2, 0.25) is 0 Å². The lowest BCUT2D eigenvalue weighted by atomic mass is 10.5. The molecule has 0 radical (unpaired) electrons. The van der Waals surface area contributed by atoms with Gasteiger partial charge in [0.25, 0.3) is 0 Å². The molecule has 0 N–H and O–H groups in total. The van der Waals surface area contributed by atoms with E-state index in [1.54, 1.807) is 17.8 Å². The Morgan fingerprint density at radius 3 is 2.75 bits per heavy atom. The Kier molecular flexibility index (Phi) is 6.48. The minimum atomic E-state index is 0.831. The molecule has 0 amide bonds. The van der Waals surface area contributed by atoms with Gasteiger partial charge in [-0.25, -0.2) is 0 Å². The van der Waals surface area contributed by atoms with Gasteiger partial charge in [0.05, 0.1) is 5.04 Å². The Balaban J connectivity index is 3.92. The van der Waals surface area contributed by atoms with E-state index in [0.29, 0.717) is 0 Å². The summed E-state index contributed by atoms with van der Waals surface area (Å²) in [5.74, 6) is 0. The van der Waals surface area contributed by atoms with Crippen LogP contribution < -0.4 is 0 Å². The molecule has 0 aromatic rings. The van der Waals surface area contributed by atoms with Crippen LogP contribution in [0.1, 0.15) is 13.8 Å². The first-order valence-electron chi connectivity index (χ1n) is 3.87. The third-order valence-electron chi connectivity index (χ3n) is 1.08. The molecule has 0 heterocycles. The number of nitrogens with zero attached hydrogens (tertiary/aromatic N) is 1. The zero-order valence-corrected chi connectivity index (χ0v) is 8.53. The third kappa shape index (κ3) is 5.98. The number of hydrogen-bond acceptors (Lipinski definition) is 2. The highest BCUT2D eigenvalue weighted by molar-refractivity contribution is 8.17. The minimum absolute atomic E-state index is 0.831. The largest absolute Gasteiger partial charge is 0.283 e. The highest BCUT2D eigenvalue weighted by Crippen LogP contribution is 2.16. The minimum Gasteiger partial charge on any atom is -0.283 e. The lowest BCUT2D eigenvalue weighted by molar-refractivity contribution is 1.13. The summed E-state index contributed by atoms with van der Waals surface area (Å²) in [7, 11) is 0. The molecular formula is C10H15NS. The van der Waals surface area contributed by atoms with Gasteiger partial charge >= 0.3 is 0 Å². The van der Waals surface area contributed by atoms with Crippen LogP contribution in [0.4, 0.5) is 0 Å². The fraction of sp³-hybridized carbons (Fsp3) is 0.300. The molecule has 0 atom stereocenters. The van der Waals surface area contributed by atoms with Gasteiger partial charge in [0, 0.05) is 11.4 Å². The van der Waals surface area contributed by atoms with Crippen LogP contribution in [0.15, 0.2) is 41.3 Å². The first-order chi connectivity index (χ1) is 5.70. The van der Waals surface area contributed by atoms with Crippen LogP contribution in [0.5, 0.6) is 0 Å². The van der Waals surface area contributed by atoms with Crippen LogP contribution >= 0.6 is 11.8 Å². The van der Waals surface area contributed by atoms with Gasteiger partial charge in [-0.15, -0.1) is 0 Å². The monoisotopic (exact) mass is 181 g/mol. The summed E-state index contributed by atoms with van der Waals surface area (Å²) in [6.45, 7) is 12.3. The fourth-order valence-corrected chi connectivity index (χ4v) is 1.37. The average molecular weight is 181 g/mol. The van der Waals surface area contributed by atoms with Crippen molar-refractivity contribution in [1.29, 1.82) is 0 Å². The quantitative estimate of drug-likeness (QED) is 0.368. The molecule has 0 fully saturated rings.